The normalized spacial score (nSPS) is 39.4. The smallest absolute Gasteiger partial charge is 0.229 e. The molecule has 5 rings (SSSR count). The largest absolute Gasteiger partial charge is 0.381 e. The molecule has 1 saturated carbocycles. The van der Waals surface area contributed by atoms with Crippen LogP contribution in [0.25, 0.3) is 0 Å². The zero-order valence-electron chi connectivity index (χ0n) is 11.9. The van der Waals surface area contributed by atoms with E-state index in [2.05, 4.69) is 12.1 Å². The van der Waals surface area contributed by atoms with E-state index in [0.29, 0.717) is 18.4 Å². The Morgan fingerprint density at radius 1 is 1.14 bits per heavy atom. The van der Waals surface area contributed by atoms with Gasteiger partial charge >= 0.3 is 0 Å². The molecule has 4 nitrogen and oxygen atoms in total. The lowest BCUT2D eigenvalue weighted by atomic mass is 9.88. The molecule has 1 aromatic carbocycles. The maximum Gasteiger partial charge on any atom is 0.229 e. The van der Waals surface area contributed by atoms with Crippen molar-refractivity contribution in [3.05, 3.63) is 35.9 Å². The van der Waals surface area contributed by atoms with Gasteiger partial charge in [-0.15, -0.1) is 0 Å². The molecule has 1 aromatic rings. The molecule has 1 spiro atoms. The maximum absolute atomic E-state index is 12.9. The van der Waals surface area contributed by atoms with Gasteiger partial charge in [-0.1, -0.05) is 30.3 Å². The van der Waals surface area contributed by atoms with Gasteiger partial charge in [0.25, 0.3) is 0 Å². The van der Waals surface area contributed by atoms with Gasteiger partial charge in [-0.3, -0.25) is 4.79 Å². The minimum atomic E-state index is -0.173. The summed E-state index contributed by atoms with van der Waals surface area (Å²) in [6.07, 6.45) is 1.93. The highest BCUT2D eigenvalue weighted by Crippen LogP contribution is 2.72. The average Bonchev–Trinajstić information content (AvgIpc) is 2.86. The lowest BCUT2D eigenvalue weighted by Gasteiger charge is -2.32. The molecule has 4 atom stereocenters. The number of ether oxygens (including phenoxy) is 2. The zero-order chi connectivity index (χ0) is 14.0. The summed E-state index contributed by atoms with van der Waals surface area (Å²) in [5.74, 6) is 1.06. The zero-order valence-corrected chi connectivity index (χ0v) is 11.9. The van der Waals surface area contributed by atoms with Crippen LogP contribution in [0.1, 0.15) is 24.6 Å². The molecule has 0 N–H and O–H groups in total. The van der Waals surface area contributed by atoms with Gasteiger partial charge in [0.15, 0.2) is 6.23 Å². The van der Waals surface area contributed by atoms with Crippen LogP contribution in [0.4, 0.5) is 0 Å². The summed E-state index contributed by atoms with van der Waals surface area (Å²) >= 11 is 0. The van der Waals surface area contributed by atoms with Crippen molar-refractivity contribution >= 4 is 5.91 Å². The minimum Gasteiger partial charge on any atom is -0.381 e. The van der Waals surface area contributed by atoms with Crippen molar-refractivity contribution in [2.24, 2.45) is 17.3 Å². The van der Waals surface area contributed by atoms with E-state index in [1.165, 1.54) is 0 Å². The summed E-state index contributed by atoms with van der Waals surface area (Å²) in [7, 11) is 0. The van der Waals surface area contributed by atoms with Crippen molar-refractivity contribution in [1.29, 1.82) is 0 Å². The van der Waals surface area contributed by atoms with Crippen molar-refractivity contribution in [2.45, 2.75) is 25.1 Å². The monoisotopic (exact) mass is 285 g/mol. The van der Waals surface area contributed by atoms with Crippen LogP contribution >= 0.6 is 0 Å². The second-order valence-corrected chi connectivity index (χ2v) is 6.76. The van der Waals surface area contributed by atoms with Crippen molar-refractivity contribution < 1.29 is 14.3 Å². The molecular formula is C17H19NO3. The average molecular weight is 285 g/mol. The molecule has 3 saturated heterocycles. The van der Waals surface area contributed by atoms with E-state index in [1.807, 2.05) is 23.1 Å². The van der Waals surface area contributed by atoms with E-state index < -0.39 is 0 Å². The molecule has 3 heterocycles. The topological polar surface area (TPSA) is 38.8 Å². The van der Waals surface area contributed by atoms with Gasteiger partial charge in [-0.05, 0) is 18.3 Å². The first kappa shape index (κ1) is 12.2. The Bertz CT molecular complexity index is 581. The molecule has 1 amide bonds. The van der Waals surface area contributed by atoms with Crippen LogP contribution in [0.3, 0.4) is 0 Å². The highest BCUT2D eigenvalue weighted by Gasteiger charge is 2.77. The predicted octanol–water partition coefficient (Wildman–Crippen LogP) is 1.97. The van der Waals surface area contributed by atoms with Crippen LogP contribution in [0.15, 0.2) is 30.3 Å². The van der Waals surface area contributed by atoms with E-state index in [-0.39, 0.29) is 23.6 Å². The number of rotatable bonds is 1. The van der Waals surface area contributed by atoms with Crippen LogP contribution in [-0.2, 0) is 14.3 Å². The van der Waals surface area contributed by atoms with Crippen LogP contribution in [0, 0.1) is 17.3 Å². The third-order valence-electron chi connectivity index (χ3n) is 6.01. The van der Waals surface area contributed by atoms with Gasteiger partial charge in [-0.2, -0.15) is 0 Å². The van der Waals surface area contributed by atoms with Crippen molar-refractivity contribution in [2.75, 3.05) is 19.8 Å². The number of carbonyl (C=O) groups excluding carboxylic acids is 1. The second kappa shape index (κ2) is 4.08. The Morgan fingerprint density at radius 3 is 2.67 bits per heavy atom. The fraction of sp³-hybridized carbons (Fsp3) is 0.588. The summed E-state index contributed by atoms with van der Waals surface area (Å²) in [5, 5.41) is 0. The predicted molar refractivity (Wildman–Crippen MR) is 75.2 cm³/mol. The molecule has 1 aliphatic carbocycles. The molecule has 110 valence electrons. The number of nitrogens with zero attached hydrogens (tertiary/aromatic N) is 1. The first-order valence-electron chi connectivity index (χ1n) is 7.89. The van der Waals surface area contributed by atoms with E-state index in [1.54, 1.807) is 0 Å². The first-order chi connectivity index (χ1) is 10.3. The lowest BCUT2D eigenvalue weighted by Crippen LogP contribution is -2.40. The van der Waals surface area contributed by atoms with Crippen LogP contribution in [0.5, 0.6) is 0 Å². The van der Waals surface area contributed by atoms with Crippen LogP contribution in [-0.4, -0.2) is 36.7 Å². The van der Waals surface area contributed by atoms with Crippen molar-refractivity contribution in [1.82, 2.24) is 4.90 Å². The van der Waals surface area contributed by atoms with E-state index >= 15 is 0 Å². The number of piperidine rings is 1. The Balaban J connectivity index is 1.44. The summed E-state index contributed by atoms with van der Waals surface area (Å²) in [6.45, 7) is 2.32. The van der Waals surface area contributed by atoms with Crippen molar-refractivity contribution in [3.63, 3.8) is 0 Å². The fourth-order valence-electron chi connectivity index (χ4n) is 5.04. The van der Waals surface area contributed by atoms with Gasteiger partial charge in [0.05, 0.1) is 12.6 Å². The molecule has 0 unspecified atom stereocenters. The minimum absolute atomic E-state index is 0.173. The molecule has 21 heavy (non-hydrogen) atoms. The third kappa shape index (κ3) is 1.44. The van der Waals surface area contributed by atoms with Crippen LogP contribution in [0.2, 0.25) is 0 Å². The van der Waals surface area contributed by atoms with E-state index in [4.69, 9.17) is 9.47 Å². The second-order valence-electron chi connectivity index (χ2n) is 6.76. The summed E-state index contributed by atoms with van der Waals surface area (Å²) in [4.78, 5) is 14.9. The van der Waals surface area contributed by atoms with E-state index in [0.717, 1.165) is 31.6 Å². The van der Waals surface area contributed by atoms with Gasteiger partial charge in [0, 0.05) is 30.6 Å². The highest BCUT2D eigenvalue weighted by molar-refractivity contribution is 5.88. The molecule has 0 radical (unpaired) electrons. The van der Waals surface area contributed by atoms with Crippen LogP contribution < -0.4 is 0 Å². The number of carbonyl (C=O) groups is 1. The molecular weight excluding hydrogens is 266 g/mol. The number of fused-ring (bicyclic) bond motifs is 5. The number of benzene rings is 1. The molecule has 4 fully saturated rings. The first-order valence-corrected chi connectivity index (χ1v) is 7.89. The SMILES string of the molecule is O=C1[C@H]2[C@@H]([C@H]3CO[C@H](c4ccccc4)N13)C21CCOCC1. The van der Waals surface area contributed by atoms with Gasteiger partial charge in [0.2, 0.25) is 5.91 Å². The number of amides is 1. The maximum atomic E-state index is 12.9. The lowest BCUT2D eigenvalue weighted by molar-refractivity contribution is -0.139. The number of hydrogen-bond donors (Lipinski definition) is 0. The summed E-state index contributed by atoms with van der Waals surface area (Å²) < 4.78 is 11.5. The Labute approximate surface area is 124 Å². The molecule has 4 aliphatic rings. The Hall–Kier alpha value is -1.39. The summed E-state index contributed by atoms with van der Waals surface area (Å²) in [5.41, 5.74) is 1.33. The molecule has 4 heteroatoms. The molecule has 0 bridgehead atoms. The Kier molecular flexibility index (Phi) is 2.37. The fourth-order valence-corrected chi connectivity index (χ4v) is 5.04. The molecule has 0 aromatic heterocycles. The van der Waals surface area contributed by atoms with E-state index in [9.17, 15) is 4.79 Å². The highest BCUT2D eigenvalue weighted by atomic mass is 16.5. The van der Waals surface area contributed by atoms with Gasteiger partial charge in [-0.25, -0.2) is 0 Å². The molecule has 3 aliphatic heterocycles. The number of hydrogen-bond acceptors (Lipinski definition) is 3. The standard InChI is InChI=1S/C17H19NO3/c19-15-14-13(17(14)6-8-20-9-7-17)12-10-21-16(18(12)15)11-4-2-1-3-5-11/h1-5,12-14,16H,6-10H2/t12-,13-,14-,16-/m1/s1. The van der Waals surface area contributed by atoms with Gasteiger partial charge < -0.3 is 14.4 Å². The quantitative estimate of drug-likeness (QED) is 0.792. The van der Waals surface area contributed by atoms with Crippen molar-refractivity contribution in [3.8, 4) is 0 Å². The third-order valence-corrected chi connectivity index (χ3v) is 6.01. The van der Waals surface area contributed by atoms with Gasteiger partial charge in [0.1, 0.15) is 0 Å². The summed E-state index contributed by atoms with van der Waals surface area (Å²) in [6, 6.07) is 10.4. The Morgan fingerprint density at radius 2 is 1.90 bits per heavy atom.